The molecule has 0 saturated carbocycles. The van der Waals surface area contributed by atoms with Crippen molar-refractivity contribution in [2.45, 2.75) is 4.90 Å². The van der Waals surface area contributed by atoms with Crippen molar-refractivity contribution in [3.8, 4) is 11.4 Å². The second kappa shape index (κ2) is 5.98. The van der Waals surface area contributed by atoms with E-state index in [-0.39, 0.29) is 4.90 Å². The van der Waals surface area contributed by atoms with Gasteiger partial charge in [0.25, 0.3) is 10.0 Å². The van der Waals surface area contributed by atoms with Crippen molar-refractivity contribution >= 4 is 27.3 Å². The highest BCUT2D eigenvalue weighted by Gasteiger charge is 2.15. The molecule has 0 aliphatic heterocycles. The van der Waals surface area contributed by atoms with E-state index in [4.69, 9.17) is 11.6 Å². The predicted octanol–water partition coefficient (Wildman–Crippen LogP) is 2.33. The maximum Gasteiger partial charge on any atom is 0.261 e. The third kappa shape index (κ3) is 3.33. The Labute approximate surface area is 138 Å². The molecule has 0 amide bonds. The fourth-order valence-corrected chi connectivity index (χ4v) is 3.20. The number of benzene rings is 2. The van der Waals surface area contributed by atoms with Gasteiger partial charge < -0.3 is 0 Å². The van der Waals surface area contributed by atoms with E-state index in [1.807, 2.05) is 0 Å². The van der Waals surface area contributed by atoms with Gasteiger partial charge in [-0.05, 0) is 46.8 Å². The molecular formula is C14H12ClN5O2S. The molecule has 1 aromatic heterocycles. The van der Waals surface area contributed by atoms with Gasteiger partial charge in [0, 0.05) is 23.3 Å². The van der Waals surface area contributed by atoms with Crippen LogP contribution >= 0.6 is 11.6 Å². The molecular weight excluding hydrogens is 338 g/mol. The maximum absolute atomic E-state index is 12.4. The summed E-state index contributed by atoms with van der Waals surface area (Å²) in [4.78, 5) is 0.132. The average Bonchev–Trinajstić information content (AvgIpc) is 2.94. The van der Waals surface area contributed by atoms with Crippen LogP contribution in [0.25, 0.3) is 11.4 Å². The van der Waals surface area contributed by atoms with Gasteiger partial charge in [0.15, 0.2) is 5.82 Å². The summed E-state index contributed by atoms with van der Waals surface area (Å²) in [6.45, 7) is 0. The summed E-state index contributed by atoms with van der Waals surface area (Å²) in [7, 11) is -1.98. The van der Waals surface area contributed by atoms with Crippen molar-refractivity contribution in [1.82, 2.24) is 20.2 Å². The molecule has 0 saturated heterocycles. The van der Waals surface area contributed by atoms with Crippen LogP contribution in [0.15, 0.2) is 53.4 Å². The zero-order chi connectivity index (χ0) is 16.4. The topological polar surface area (TPSA) is 89.8 Å². The summed E-state index contributed by atoms with van der Waals surface area (Å²) in [5.41, 5.74) is 1.12. The Balaban J connectivity index is 1.91. The minimum absolute atomic E-state index is 0.132. The lowest BCUT2D eigenvalue weighted by Gasteiger charge is -2.09. The lowest BCUT2D eigenvalue weighted by molar-refractivity contribution is 0.601. The maximum atomic E-state index is 12.4. The third-order valence-corrected chi connectivity index (χ3v) is 4.77. The van der Waals surface area contributed by atoms with Crippen LogP contribution < -0.4 is 4.72 Å². The Morgan fingerprint density at radius 3 is 2.52 bits per heavy atom. The molecule has 0 aliphatic carbocycles. The SMILES string of the molecule is Cn1nnnc1-c1cccc(NS(=O)(=O)c2ccc(Cl)cc2)c1. The molecule has 0 unspecified atom stereocenters. The summed E-state index contributed by atoms with van der Waals surface area (Å²) in [6.07, 6.45) is 0. The van der Waals surface area contributed by atoms with E-state index in [1.54, 1.807) is 31.3 Å². The molecule has 118 valence electrons. The second-order valence-corrected chi connectivity index (χ2v) is 6.89. The number of hydrogen-bond donors (Lipinski definition) is 1. The normalized spacial score (nSPS) is 11.4. The van der Waals surface area contributed by atoms with Gasteiger partial charge in [-0.1, -0.05) is 23.7 Å². The van der Waals surface area contributed by atoms with Crippen LogP contribution in [0.5, 0.6) is 0 Å². The molecule has 1 heterocycles. The van der Waals surface area contributed by atoms with Gasteiger partial charge in [0.1, 0.15) is 0 Å². The molecule has 3 rings (SSSR count). The van der Waals surface area contributed by atoms with Crippen molar-refractivity contribution < 1.29 is 8.42 Å². The number of anilines is 1. The second-order valence-electron chi connectivity index (χ2n) is 4.77. The van der Waals surface area contributed by atoms with E-state index in [9.17, 15) is 8.42 Å². The smallest absolute Gasteiger partial charge is 0.261 e. The first-order chi connectivity index (χ1) is 11.0. The van der Waals surface area contributed by atoms with Gasteiger partial charge in [-0.15, -0.1) is 5.10 Å². The molecule has 0 spiro atoms. The lowest BCUT2D eigenvalue weighted by Crippen LogP contribution is -2.12. The molecule has 2 aromatic carbocycles. The number of tetrazole rings is 1. The lowest BCUT2D eigenvalue weighted by atomic mass is 10.2. The predicted molar refractivity (Wildman–Crippen MR) is 86.5 cm³/mol. The zero-order valence-electron chi connectivity index (χ0n) is 12.0. The minimum atomic E-state index is -3.69. The minimum Gasteiger partial charge on any atom is -0.280 e. The van der Waals surface area contributed by atoms with Crippen molar-refractivity contribution in [3.63, 3.8) is 0 Å². The fraction of sp³-hybridized carbons (Fsp3) is 0.0714. The van der Waals surface area contributed by atoms with Gasteiger partial charge in [0.2, 0.25) is 0 Å². The van der Waals surface area contributed by atoms with E-state index in [0.29, 0.717) is 22.1 Å². The number of nitrogens with zero attached hydrogens (tertiary/aromatic N) is 4. The summed E-state index contributed by atoms with van der Waals surface area (Å²) >= 11 is 5.78. The van der Waals surface area contributed by atoms with Crippen molar-refractivity contribution in [3.05, 3.63) is 53.6 Å². The molecule has 7 nitrogen and oxygen atoms in total. The number of aromatic nitrogens is 4. The molecule has 23 heavy (non-hydrogen) atoms. The molecule has 3 aromatic rings. The van der Waals surface area contributed by atoms with E-state index in [2.05, 4.69) is 20.2 Å². The number of sulfonamides is 1. The molecule has 1 N–H and O–H groups in total. The highest BCUT2D eigenvalue weighted by Crippen LogP contribution is 2.22. The fourth-order valence-electron chi connectivity index (χ4n) is 2.02. The molecule has 0 bridgehead atoms. The number of rotatable bonds is 4. The molecule has 0 aliphatic rings. The Morgan fingerprint density at radius 1 is 1.13 bits per heavy atom. The Bertz CT molecular complexity index is 938. The quantitative estimate of drug-likeness (QED) is 0.780. The molecule has 0 fully saturated rings. The van der Waals surface area contributed by atoms with Gasteiger partial charge in [-0.2, -0.15) is 0 Å². The molecule has 9 heteroatoms. The first kappa shape index (κ1) is 15.4. The van der Waals surface area contributed by atoms with E-state index in [0.717, 1.165) is 0 Å². The highest BCUT2D eigenvalue weighted by atomic mass is 35.5. The molecule has 0 radical (unpaired) electrons. The first-order valence-corrected chi connectivity index (χ1v) is 8.43. The van der Waals surface area contributed by atoms with Crippen molar-refractivity contribution in [2.75, 3.05) is 4.72 Å². The van der Waals surface area contributed by atoms with Crippen molar-refractivity contribution in [2.24, 2.45) is 7.05 Å². The van der Waals surface area contributed by atoms with Crippen LogP contribution in [0.2, 0.25) is 5.02 Å². The van der Waals surface area contributed by atoms with Crippen LogP contribution in [-0.4, -0.2) is 28.6 Å². The van der Waals surface area contributed by atoms with Crippen LogP contribution in [0.1, 0.15) is 0 Å². The summed E-state index contributed by atoms with van der Waals surface area (Å²) < 4.78 is 28.8. The number of nitrogens with one attached hydrogen (secondary N) is 1. The van der Waals surface area contributed by atoms with Gasteiger partial charge >= 0.3 is 0 Å². The average molecular weight is 350 g/mol. The zero-order valence-corrected chi connectivity index (χ0v) is 13.6. The van der Waals surface area contributed by atoms with Gasteiger partial charge in [0.05, 0.1) is 4.90 Å². The first-order valence-electron chi connectivity index (χ1n) is 6.57. The number of halogens is 1. The monoisotopic (exact) mass is 349 g/mol. The van der Waals surface area contributed by atoms with Gasteiger partial charge in [-0.3, -0.25) is 4.72 Å². The summed E-state index contributed by atoms with van der Waals surface area (Å²) in [5, 5.41) is 11.7. The highest BCUT2D eigenvalue weighted by molar-refractivity contribution is 7.92. The number of aryl methyl sites for hydroxylation is 1. The van der Waals surface area contributed by atoms with E-state index < -0.39 is 10.0 Å². The summed E-state index contributed by atoms with van der Waals surface area (Å²) in [5.74, 6) is 0.539. The van der Waals surface area contributed by atoms with E-state index >= 15 is 0 Å². The van der Waals surface area contributed by atoms with Crippen LogP contribution in [0.3, 0.4) is 0 Å². The van der Waals surface area contributed by atoms with Crippen LogP contribution in [0.4, 0.5) is 5.69 Å². The Kier molecular flexibility index (Phi) is 4.01. The summed E-state index contributed by atoms with van der Waals surface area (Å²) in [6, 6.07) is 12.8. The van der Waals surface area contributed by atoms with Crippen LogP contribution in [-0.2, 0) is 17.1 Å². The Hall–Kier alpha value is -2.45. The van der Waals surface area contributed by atoms with Gasteiger partial charge in [-0.25, -0.2) is 13.1 Å². The van der Waals surface area contributed by atoms with Crippen LogP contribution in [0, 0.1) is 0 Å². The van der Waals surface area contributed by atoms with Crippen molar-refractivity contribution in [1.29, 1.82) is 0 Å². The molecule has 0 atom stereocenters. The number of hydrogen-bond acceptors (Lipinski definition) is 5. The standard InChI is InChI=1S/C14H12ClN5O2S/c1-20-14(16-18-19-20)10-3-2-4-12(9-10)17-23(21,22)13-7-5-11(15)6-8-13/h2-9,17H,1H3. The van der Waals surface area contributed by atoms with E-state index in [1.165, 1.54) is 28.9 Å². The third-order valence-electron chi connectivity index (χ3n) is 3.12. The largest absolute Gasteiger partial charge is 0.280 e. The Morgan fingerprint density at radius 2 is 1.87 bits per heavy atom.